The van der Waals surface area contributed by atoms with Crippen molar-refractivity contribution in [2.45, 2.75) is 97.3 Å². The molecule has 3 aromatic rings. The summed E-state index contributed by atoms with van der Waals surface area (Å²) < 4.78 is 25.8. The molecule has 1 heterocycles. The fraction of sp³-hybridized carbons (Fsp3) is 0.471. The van der Waals surface area contributed by atoms with Crippen LogP contribution >= 0.6 is 0 Å². The normalized spacial score (nSPS) is 10.9. The average Bonchev–Trinajstić information content (AvgIpc) is 2.95. The average molecular weight is 534 g/mol. The maximum absolute atomic E-state index is 14.6. The van der Waals surface area contributed by atoms with Gasteiger partial charge in [-0.15, -0.1) is 0 Å². The Morgan fingerprint density at radius 2 is 1.38 bits per heavy atom. The van der Waals surface area contributed by atoms with Crippen molar-refractivity contribution in [3.8, 4) is 22.8 Å². The fourth-order valence-electron chi connectivity index (χ4n) is 4.56. The molecule has 210 valence electrons. The lowest BCUT2D eigenvalue weighted by Gasteiger charge is -2.09. The Kier molecular flexibility index (Phi) is 13.5. The number of rotatable bonds is 18. The first-order chi connectivity index (χ1) is 19.1. The number of ether oxygens (including phenoxy) is 2. The Bertz CT molecular complexity index is 1110. The Morgan fingerprint density at radius 3 is 2.03 bits per heavy atom. The van der Waals surface area contributed by atoms with Crippen LogP contribution < -0.4 is 9.47 Å². The third kappa shape index (κ3) is 10.8. The number of esters is 1. The van der Waals surface area contributed by atoms with Crippen LogP contribution in [0.5, 0.6) is 11.5 Å². The molecule has 39 heavy (non-hydrogen) atoms. The smallest absolute Gasteiger partial charge is 0.346 e. The minimum Gasteiger partial charge on any atom is -0.494 e. The molecule has 0 saturated heterocycles. The number of halogens is 1. The van der Waals surface area contributed by atoms with Crippen LogP contribution in [0.25, 0.3) is 11.3 Å². The molecule has 0 unspecified atom stereocenters. The Labute approximate surface area is 234 Å². The van der Waals surface area contributed by atoms with Gasteiger partial charge in [0, 0.05) is 5.56 Å². The summed E-state index contributed by atoms with van der Waals surface area (Å²) in [6.07, 6.45) is 17.0. The molecule has 0 amide bonds. The van der Waals surface area contributed by atoms with Crippen molar-refractivity contribution in [3.63, 3.8) is 0 Å². The van der Waals surface area contributed by atoms with E-state index >= 15 is 0 Å². The standard InChI is InChI=1S/C34H44FNO3/c1-3-5-7-9-10-11-12-14-24-38-29-19-17-28(18-20-29)33-23-21-30(26-36-33)39-34(37)31-22-16-27(25-32(31)35)15-13-8-6-4-2/h16-23,25-26H,3-15,24H2,1-2H3. The summed E-state index contributed by atoms with van der Waals surface area (Å²) in [7, 11) is 0. The van der Waals surface area contributed by atoms with Crippen molar-refractivity contribution in [2.75, 3.05) is 6.61 Å². The molecule has 0 bridgehead atoms. The van der Waals surface area contributed by atoms with Crippen LogP contribution in [0.4, 0.5) is 4.39 Å². The summed E-state index contributed by atoms with van der Waals surface area (Å²) >= 11 is 0. The van der Waals surface area contributed by atoms with E-state index in [4.69, 9.17) is 9.47 Å². The maximum Gasteiger partial charge on any atom is 0.346 e. The van der Waals surface area contributed by atoms with E-state index in [2.05, 4.69) is 18.8 Å². The van der Waals surface area contributed by atoms with E-state index in [-0.39, 0.29) is 11.3 Å². The van der Waals surface area contributed by atoms with E-state index in [1.54, 1.807) is 18.2 Å². The largest absolute Gasteiger partial charge is 0.494 e. The summed E-state index contributed by atoms with van der Waals surface area (Å²) in [5.74, 6) is -0.154. The molecular weight excluding hydrogens is 489 g/mol. The van der Waals surface area contributed by atoms with Gasteiger partial charge >= 0.3 is 5.97 Å². The van der Waals surface area contributed by atoms with Gasteiger partial charge in [-0.2, -0.15) is 0 Å². The third-order valence-corrected chi connectivity index (χ3v) is 6.94. The first-order valence-corrected chi connectivity index (χ1v) is 14.8. The van der Waals surface area contributed by atoms with Gasteiger partial charge in [0.05, 0.1) is 24.1 Å². The van der Waals surface area contributed by atoms with Crippen LogP contribution in [-0.2, 0) is 6.42 Å². The predicted octanol–water partition coefficient (Wildman–Crippen LogP) is 9.75. The van der Waals surface area contributed by atoms with Gasteiger partial charge in [0.25, 0.3) is 0 Å². The topological polar surface area (TPSA) is 48.4 Å². The zero-order chi connectivity index (χ0) is 27.7. The zero-order valence-electron chi connectivity index (χ0n) is 23.7. The monoisotopic (exact) mass is 533 g/mol. The van der Waals surface area contributed by atoms with Crippen molar-refractivity contribution in [1.29, 1.82) is 0 Å². The molecule has 0 atom stereocenters. The lowest BCUT2D eigenvalue weighted by Crippen LogP contribution is -2.11. The number of carbonyl (C=O) groups is 1. The highest BCUT2D eigenvalue weighted by atomic mass is 19.1. The Balaban J connectivity index is 1.43. The van der Waals surface area contributed by atoms with Crippen molar-refractivity contribution in [3.05, 3.63) is 77.7 Å². The molecule has 4 nitrogen and oxygen atoms in total. The van der Waals surface area contributed by atoms with Gasteiger partial charge in [0.15, 0.2) is 0 Å². The van der Waals surface area contributed by atoms with Crippen LogP contribution in [0.3, 0.4) is 0 Å². The number of unbranched alkanes of at least 4 members (excludes halogenated alkanes) is 10. The molecule has 1 aromatic heterocycles. The number of aryl methyl sites for hydroxylation is 1. The fourth-order valence-corrected chi connectivity index (χ4v) is 4.56. The van der Waals surface area contributed by atoms with E-state index in [1.165, 1.54) is 69.7 Å². The van der Waals surface area contributed by atoms with Gasteiger partial charge in [0.1, 0.15) is 17.3 Å². The molecule has 0 aliphatic carbocycles. The Hall–Kier alpha value is -3.21. The summed E-state index contributed by atoms with van der Waals surface area (Å²) in [6.45, 7) is 5.14. The van der Waals surface area contributed by atoms with Crippen molar-refractivity contribution >= 4 is 5.97 Å². The van der Waals surface area contributed by atoms with Crippen LogP contribution in [0.2, 0.25) is 0 Å². The van der Waals surface area contributed by atoms with Crippen LogP contribution in [0, 0.1) is 5.82 Å². The number of hydrogen-bond acceptors (Lipinski definition) is 4. The molecule has 2 aromatic carbocycles. The minimum absolute atomic E-state index is 0.0704. The third-order valence-electron chi connectivity index (χ3n) is 6.94. The second kappa shape index (κ2) is 17.4. The van der Waals surface area contributed by atoms with Gasteiger partial charge in [0.2, 0.25) is 0 Å². The second-order valence-electron chi connectivity index (χ2n) is 10.2. The van der Waals surface area contributed by atoms with Gasteiger partial charge in [-0.05, 0) is 73.4 Å². The Morgan fingerprint density at radius 1 is 0.744 bits per heavy atom. The second-order valence-corrected chi connectivity index (χ2v) is 10.2. The van der Waals surface area contributed by atoms with E-state index in [9.17, 15) is 9.18 Å². The molecule has 3 rings (SSSR count). The van der Waals surface area contributed by atoms with Gasteiger partial charge in [-0.1, -0.05) is 84.1 Å². The number of aromatic nitrogens is 1. The summed E-state index contributed by atoms with van der Waals surface area (Å²) in [5.41, 5.74) is 2.52. The van der Waals surface area contributed by atoms with E-state index in [0.29, 0.717) is 0 Å². The molecule has 0 aliphatic rings. The lowest BCUT2D eigenvalue weighted by molar-refractivity contribution is 0.0729. The molecule has 0 radical (unpaired) electrons. The number of pyridine rings is 1. The number of benzene rings is 2. The minimum atomic E-state index is -0.724. The molecule has 0 saturated carbocycles. The lowest BCUT2D eigenvalue weighted by atomic mass is 10.0. The molecular formula is C34H44FNO3. The molecule has 5 heteroatoms. The molecule has 0 fully saturated rings. The SMILES string of the molecule is CCCCCCCCCCOc1ccc(-c2ccc(OC(=O)c3ccc(CCCCCC)cc3F)cn2)cc1. The van der Waals surface area contributed by atoms with Crippen molar-refractivity contribution < 1.29 is 18.7 Å². The number of carbonyl (C=O) groups excluding carboxylic acids is 1. The first kappa shape index (κ1) is 30.3. The zero-order valence-corrected chi connectivity index (χ0v) is 23.7. The highest BCUT2D eigenvalue weighted by molar-refractivity contribution is 5.91. The van der Waals surface area contributed by atoms with Crippen molar-refractivity contribution in [2.24, 2.45) is 0 Å². The van der Waals surface area contributed by atoms with Crippen LogP contribution in [0.1, 0.15) is 107 Å². The molecule has 0 spiro atoms. The highest BCUT2D eigenvalue weighted by Crippen LogP contribution is 2.24. The van der Waals surface area contributed by atoms with Gasteiger partial charge in [-0.3, -0.25) is 4.98 Å². The highest BCUT2D eigenvalue weighted by Gasteiger charge is 2.15. The molecule has 0 aliphatic heterocycles. The van der Waals surface area contributed by atoms with Crippen LogP contribution in [-0.4, -0.2) is 17.6 Å². The van der Waals surface area contributed by atoms with E-state index in [0.717, 1.165) is 61.3 Å². The van der Waals surface area contributed by atoms with E-state index in [1.807, 2.05) is 24.3 Å². The van der Waals surface area contributed by atoms with Crippen molar-refractivity contribution in [1.82, 2.24) is 4.98 Å². The summed E-state index contributed by atoms with van der Waals surface area (Å²) in [5, 5.41) is 0. The van der Waals surface area contributed by atoms with Gasteiger partial charge < -0.3 is 9.47 Å². The number of hydrogen-bond donors (Lipinski definition) is 0. The molecule has 0 N–H and O–H groups in total. The van der Waals surface area contributed by atoms with Gasteiger partial charge in [-0.25, -0.2) is 9.18 Å². The van der Waals surface area contributed by atoms with Crippen LogP contribution in [0.15, 0.2) is 60.8 Å². The summed E-state index contributed by atoms with van der Waals surface area (Å²) in [4.78, 5) is 17.0. The number of nitrogens with zero attached hydrogens (tertiary/aromatic N) is 1. The summed E-state index contributed by atoms with van der Waals surface area (Å²) in [6, 6.07) is 16.0. The predicted molar refractivity (Wildman–Crippen MR) is 157 cm³/mol. The quantitative estimate of drug-likeness (QED) is 0.121. The maximum atomic E-state index is 14.6. The van der Waals surface area contributed by atoms with E-state index < -0.39 is 11.8 Å². The first-order valence-electron chi connectivity index (χ1n) is 14.8.